The number of alkyl halides is 6. The van der Waals surface area contributed by atoms with E-state index in [1.165, 1.54) is 12.1 Å². The van der Waals surface area contributed by atoms with Crippen molar-refractivity contribution in [2.24, 2.45) is 4.99 Å². The molecule has 3 aromatic rings. The molecule has 0 fully saturated rings. The van der Waals surface area contributed by atoms with Gasteiger partial charge in [0.15, 0.2) is 0 Å². The standard InChI is InChI=1S/C18H10F6N2O/c19-17(20,21)11-6-12(18(22,23)24)8-14(7-11)25-9-13-5-4-10-2-1-3-15(27)16(10)26-13/h1-9,27H. The van der Waals surface area contributed by atoms with Crippen molar-refractivity contribution in [2.75, 3.05) is 0 Å². The number of aromatic hydroxyl groups is 1. The Labute approximate surface area is 148 Å². The minimum Gasteiger partial charge on any atom is -0.506 e. The number of hydrogen-bond donors (Lipinski definition) is 1. The maximum absolute atomic E-state index is 12.9. The molecule has 1 N–H and O–H groups in total. The number of fused-ring (bicyclic) bond motifs is 1. The van der Waals surface area contributed by atoms with Crippen LogP contribution < -0.4 is 0 Å². The fourth-order valence-corrected chi connectivity index (χ4v) is 2.37. The van der Waals surface area contributed by atoms with Crippen molar-refractivity contribution in [1.29, 1.82) is 0 Å². The Balaban J connectivity index is 2.03. The molecular formula is C18H10F6N2O. The molecule has 27 heavy (non-hydrogen) atoms. The Morgan fingerprint density at radius 3 is 2.07 bits per heavy atom. The lowest BCUT2D eigenvalue weighted by atomic mass is 10.1. The van der Waals surface area contributed by atoms with Crippen LogP contribution in [-0.2, 0) is 12.4 Å². The van der Waals surface area contributed by atoms with Crippen LogP contribution in [0.4, 0.5) is 32.0 Å². The van der Waals surface area contributed by atoms with Gasteiger partial charge in [0.2, 0.25) is 0 Å². The molecular weight excluding hydrogens is 374 g/mol. The fourth-order valence-electron chi connectivity index (χ4n) is 2.37. The molecule has 0 atom stereocenters. The summed E-state index contributed by atoms with van der Waals surface area (Å²) in [5.41, 5.74) is -3.02. The van der Waals surface area contributed by atoms with Gasteiger partial charge >= 0.3 is 12.4 Å². The zero-order valence-electron chi connectivity index (χ0n) is 13.3. The smallest absolute Gasteiger partial charge is 0.416 e. The molecule has 1 aromatic heterocycles. The molecule has 0 saturated heterocycles. The molecule has 0 aliphatic carbocycles. The molecule has 9 heteroatoms. The summed E-state index contributed by atoms with van der Waals surface area (Å²) in [6.45, 7) is 0. The van der Waals surface area contributed by atoms with Crippen LogP contribution in [0.2, 0.25) is 0 Å². The van der Waals surface area contributed by atoms with Crippen molar-refractivity contribution in [1.82, 2.24) is 4.98 Å². The summed E-state index contributed by atoms with van der Waals surface area (Å²) in [4.78, 5) is 7.78. The Kier molecular flexibility index (Phi) is 4.54. The van der Waals surface area contributed by atoms with Gasteiger partial charge in [-0.3, -0.25) is 4.99 Å². The van der Waals surface area contributed by atoms with Gasteiger partial charge in [-0.25, -0.2) is 4.98 Å². The molecule has 0 unspecified atom stereocenters. The van der Waals surface area contributed by atoms with Gasteiger partial charge in [-0.05, 0) is 30.3 Å². The van der Waals surface area contributed by atoms with Crippen LogP contribution in [0.5, 0.6) is 5.75 Å². The molecule has 0 radical (unpaired) electrons. The van der Waals surface area contributed by atoms with E-state index >= 15 is 0 Å². The monoisotopic (exact) mass is 384 g/mol. The quantitative estimate of drug-likeness (QED) is 0.453. The highest BCUT2D eigenvalue weighted by molar-refractivity contribution is 5.89. The van der Waals surface area contributed by atoms with Crippen LogP contribution in [0, 0.1) is 0 Å². The maximum atomic E-state index is 12.9. The Morgan fingerprint density at radius 2 is 1.48 bits per heavy atom. The highest BCUT2D eigenvalue weighted by Crippen LogP contribution is 2.38. The number of nitrogens with zero attached hydrogens (tertiary/aromatic N) is 2. The van der Waals surface area contributed by atoms with Gasteiger partial charge < -0.3 is 5.11 Å². The van der Waals surface area contributed by atoms with Crippen molar-refractivity contribution in [3.05, 3.63) is 65.4 Å². The number of benzene rings is 2. The van der Waals surface area contributed by atoms with E-state index in [1.54, 1.807) is 18.2 Å². The first-order valence-electron chi connectivity index (χ1n) is 7.46. The summed E-state index contributed by atoms with van der Waals surface area (Å²) in [6.07, 6.45) is -8.86. The van der Waals surface area contributed by atoms with E-state index in [1.807, 2.05) is 0 Å². The van der Waals surface area contributed by atoms with Crippen LogP contribution in [0.15, 0.2) is 53.5 Å². The predicted octanol–water partition coefficient (Wildman–Crippen LogP) is 5.73. The number of aromatic nitrogens is 1. The second-order valence-electron chi connectivity index (χ2n) is 5.61. The fraction of sp³-hybridized carbons (Fsp3) is 0.111. The molecule has 0 amide bonds. The average molecular weight is 384 g/mol. The molecule has 1 heterocycles. The zero-order chi connectivity index (χ0) is 19.8. The van der Waals surface area contributed by atoms with E-state index in [0.29, 0.717) is 17.5 Å². The number of phenols is 1. The highest BCUT2D eigenvalue weighted by atomic mass is 19.4. The Morgan fingerprint density at radius 1 is 0.852 bits per heavy atom. The van der Waals surface area contributed by atoms with E-state index in [0.717, 1.165) is 6.21 Å². The lowest BCUT2D eigenvalue weighted by molar-refractivity contribution is -0.143. The van der Waals surface area contributed by atoms with E-state index in [2.05, 4.69) is 9.98 Å². The van der Waals surface area contributed by atoms with E-state index in [4.69, 9.17) is 0 Å². The van der Waals surface area contributed by atoms with Crippen molar-refractivity contribution < 1.29 is 31.4 Å². The summed E-state index contributed by atoms with van der Waals surface area (Å²) in [7, 11) is 0. The molecule has 0 saturated carbocycles. The normalized spacial score (nSPS) is 12.8. The summed E-state index contributed by atoms with van der Waals surface area (Å²) in [6, 6.07) is 8.83. The number of para-hydroxylation sites is 1. The van der Waals surface area contributed by atoms with Gasteiger partial charge in [0.05, 0.1) is 28.7 Å². The third-order valence-corrected chi connectivity index (χ3v) is 3.64. The molecule has 3 nitrogen and oxygen atoms in total. The van der Waals surface area contributed by atoms with Gasteiger partial charge in [0, 0.05) is 5.39 Å². The number of hydrogen-bond acceptors (Lipinski definition) is 3. The minimum absolute atomic E-state index is 0.0331. The van der Waals surface area contributed by atoms with Gasteiger partial charge in [-0.1, -0.05) is 18.2 Å². The first kappa shape index (κ1) is 18.7. The molecule has 0 spiro atoms. The van der Waals surface area contributed by atoms with Crippen LogP contribution in [0.25, 0.3) is 10.9 Å². The lowest BCUT2D eigenvalue weighted by Crippen LogP contribution is -2.10. The second kappa shape index (κ2) is 6.57. The molecule has 2 aromatic carbocycles. The molecule has 3 rings (SSSR count). The largest absolute Gasteiger partial charge is 0.506 e. The predicted molar refractivity (Wildman–Crippen MR) is 87.1 cm³/mol. The topological polar surface area (TPSA) is 45.5 Å². The van der Waals surface area contributed by atoms with Crippen LogP contribution >= 0.6 is 0 Å². The first-order valence-corrected chi connectivity index (χ1v) is 7.46. The van der Waals surface area contributed by atoms with E-state index in [-0.39, 0.29) is 23.0 Å². The second-order valence-corrected chi connectivity index (χ2v) is 5.61. The molecule has 0 aliphatic rings. The van der Waals surface area contributed by atoms with Gasteiger partial charge in [0.25, 0.3) is 0 Å². The number of rotatable bonds is 2. The van der Waals surface area contributed by atoms with Crippen LogP contribution in [0.1, 0.15) is 16.8 Å². The number of aliphatic imine (C=N–C) groups is 1. The zero-order valence-corrected chi connectivity index (χ0v) is 13.3. The molecule has 0 bridgehead atoms. The minimum atomic E-state index is -4.95. The number of halogens is 6. The van der Waals surface area contributed by atoms with Crippen molar-refractivity contribution in [3.63, 3.8) is 0 Å². The highest BCUT2D eigenvalue weighted by Gasteiger charge is 2.36. The Hall–Kier alpha value is -3.10. The van der Waals surface area contributed by atoms with Crippen LogP contribution in [0.3, 0.4) is 0 Å². The van der Waals surface area contributed by atoms with Crippen molar-refractivity contribution >= 4 is 22.8 Å². The third-order valence-electron chi connectivity index (χ3n) is 3.64. The van der Waals surface area contributed by atoms with E-state index in [9.17, 15) is 31.4 Å². The third kappa shape index (κ3) is 4.18. The van der Waals surface area contributed by atoms with Gasteiger partial charge in [-0.15, -0.1) is 0 Å². The summed E-state index contributed by atoms with van der Waals surface area (Å²) < 4.78 is 77.2. The number of phenolic OH excluding ortho intramolecular Hbond substituents is 1. The summed E-state index contributed by atoms with van der Waals surface area (Å²) >= 11 is 0. The SMILES string of the molecule is Oc1cccc2ccc(C=Nc3cc(C(F)(F)F)cc(C(F)(F)F)c3)nc12. The van der Waals surface area contributed by atoms with E-state index < -0.39 is 29.2 Å². The number of pyridine rings is 1. The molecule has 0 aliphatic heterocycles. The van der Waals surface area contributed by atoms with Crippen molar-refractivity contribution in [2.45, 2.75) is 12.4 Å². The summed E-state index contributed by atoms with van der Waals surface area (Å²) in [5.74, 6) is -0.110. The summed E-state index contributed by atoms with van der Waals surface area (Å²) in [5, 5.41) is 10.4. The Bertz CT molecular complexity index is 992. The first-order chi connectivity index (χ1) is 12.5. The average Bonchev–Trinajstić information content (AvgIpc) is 2.59. The van der Waals surface area contributed by atoms with Crippen LogP contribution in [-0.4, -0.2) is 16.3 Å². The van der Waals surface area contributed by atoms with Gasteiger partial charge in [0.1, 0.15) is 11.3 Å². The molecule has 140 valence electrons. The van der Waals surface area contributed by atoms with Crippen molar-refractivity contribution in [3.8, 4) is 5.75 Å². The maximum Gasteiger partial charge on any atom is 0.416 e. The van der Waals surface area contributed by atoms with Gasteiger partial charge in [-0.2, -0.15) is 26.3 Å². The lowest BCUT2D eigenvalue weighted by Gasteiger charge is -2.12.